The number of rotatable bonds is 5. The Morgan fingerprint density at radius 3 is 2.57 bits per heavy atom. The number of carbonyl (C=O) groups is 1. The molecule has 2 aromatic rings. The van der Waals surface area contributed by atoms with Gasteiger partial charge in [-0.15, -0.1) is 0 Å². The second kappa shape index (κ2) is 6.99. The van der Waals surface area contributed by atoms with Crippen LogP contribution in [0.4, 0.5) is 4.39 Å². The van der Waals surface area contributed by atoms with Crippen molar-refractivity contribution in [2.24, 2.45) is 0 Å². The number of hydrogen-bond donors (Lipinski definition) is 2. The third-order valence-electron chi connectivity index (χ3n) is 3.32. The van der Waals surface area contributed by atoms with Crippen molar-refractivity contribution in [2.75, 3.05) is 6.61 Å². The number of amides is 1. The van der Waals surface area contributed by atoms with Crippen LogP contribution in [0.2, 0.25) is 0 Å². The van der Waals surface area contributed by atoms with Gasteiger partial charge in [0.2, 0.25) is 0 Å². The molecule has 0 aliphatic rings. The van der Waals surface area contributed by atoms with Crippen LogP contribution in [0.15, 0.2) is 48.5 Å². The Morgan fingerprint density at radius 2 is 1.90 bits per heavy atom. The molecule has 4 heteroatoms. The molecule has 2 N–H and O–H groups in total. The van der Waals surface area contributed by atoms with Crippen LogP contribution in [0, 0.1) is 12.7 Å². The fraction of sp³-hybridized carbons (Fsp3) is 0.235. The average Bonchev–Trinajstić information content (AvgIpc) is 2.50. The number of hydrogen-bond acceptors (Lipinski definition) is 2. The van der Waals surface area contributed by atoms with E-state index in [2.05, 4.69) is 5.32 Å². The van der Waals surface area contributed by atoms with Gasteiger partial charge in [0.1, 0.15) is 5.82 Å². The minimum atomic E-state index is -0.522. The van der Waals surface area contributed by atoms with Gasteiger partial charge in [-0.2, -0.15) is 0 Å². The van der Waals surface area contributed by atoms with Gasteiger partial charge in [0.05, 0.1) is 18.2 Å². The van der Waals surface area contributed by atoms with Crippen molar-refractivity contribution in [2.45, 2.75) is 19.4 Å². The lowest BCUT2D eigenvalue weighted by molar-refractivity contribution is 0.0912. The SMILES string of the molecule is Cc1cccc(C(=O)NC(CO)Cc2ccccc2)c1F. The second-order valence-corrected chi connectivity index (χ2v) is 4.98. The lowest BCUT2D eigenvalue weighted by Gasteiger charge is -2.17. The molecule has 0 spiro atoms. The van der Waals surface area contributed by atoms with Crippen LogP contribution in [0.3, 0.4) is 0 Å². The smallest absolute Gasteiger partial charge is 0.254 e. The first-order chi connectivity index (χ1) is 10.1. The van der Waals surface area contributed by atoms with E-state index in [1.54, 1.807) is 19.1 Å². The van der Waals surface area contributed by atoms with Gasteiger partial charge in [-0.1, -0.05) is 42.5 Å². The van der Waals surface area contributed by atoms with Gasteiger partial charge in [-0.25, -0.2) is 4.39 Å². The summed E-state index contributed by atoms with van der Waals surface area (Å²) in [6.07, 6.45) is 0.497. The van der Waals surface area contributed by atoms with E-state index in [1.165, 1.54) is 6.07 Å². The predicted octanol–water partition coefficient (Wildman–Crippen LogP) is 2.47. The molecule has 0 aliphatic carbocycles. The van der Waals surface area contributed by atoms with Gasteiger partial charge in [0, 0.05) is 0 Å². The molecule has 3 nitrogen and oxygen atoms in total. The Labute approximate surface area is 123 Å². The zero-order chi connectivity index (χ0) is 15.2. The lowest BCUT2D eigenvalue weighted by Crippen LogP contribution is -2.39. The Morgan fingerprint density at radius 1 is 1.19 bits per heavy atom. The van der Waals surface area contributed by atoms with E-state index in [-0.39, 0.29) is 12.2 Å². The molecule has 21 heavy (non-hydrogen) atoms. The summed E-state index contributed by atoms with van der Waals surface area (Å²) in [5.74, 6) is -1.03. The van der Waals surface area contributed by atoms with E-state index >= 15 is 0 Å². The Hall–Kier alpha value is -2.20. The fourth-order valence-electron chi connectivity index (χ4n) is 2.15. The Kier molecular flexibility index (Phi) is 5.06. The fourth-order valence-corrected chi connectivity index (χ4v) is 2.15. The molecule has 2 aromatic carbocycles. The number of carbonyl (C=O) groups excluding carboxylic acids is 1. The highest BCUT2D eigenvalue weighted by atomic mass is 19.1. The molecule has 0 radical (unpaired) electrons. The summed E-state index contributed by atoms with van der Waals surface area (Å²) in [4.78, 5) is 12.1. The summed E-state index contributed by atoms with van der Waals surface area (Å²) in [5, 5.41) is 12.1. The quantitative estimate of drug-likeness (QED) is 0.887. The monoisotopic (exact) mass is 287 g/mol. The van der Waals surface area contributed by atoms with Gasteiger partial charge in [-0.05, 0) is 30.5 Å². The third kappa shape index (κ3) is 3.89. The van der Waals surface area contributed by atoms with Crippen molar-refractivity contribution in [3.8, 4) is 0 Å². The summed E-state index contributed by atoms with van der Waals surface area (Å²) in [6, 6.07) is 13.8. The molecule has 2 rings (SSSR count). The van der Waals surface area contributed by atoms with Crippen LogP contribution in [0.1, 0.15) is 21.5 Å². The van der Waals surface area contributed by atoms with Crippen LogP contribution in [0.5, 0.6) is 0 Å². The third-order valence-corrected chi connectivity index (χ3v) is 3.32. The van der Waals surface area contributed by atoms with Gasteiger partial charge in [-0.3, -0.25) is 4.79 Å². The van der Waals surface area contributed by atoms with E-state index in [4.69, 9.17) is 0 Å². The van der Waals surface area contributed by atoms with E-state index in [9.17, 15) is 14.3 Å². The number of nitrogens with one attached hydrogen (secondary N) is 1. The van der Waals surface area contributed by atoms with Crippen LogP contribution in [-0.4, -0.2) is 23.7 Å². The molecule has 110 valence electrons. The first kappa shape index (κ1) is 15.2. The minimum Gasteiger partial charge on any atom is -0.394 e. The molecule has 1 amide bonds. The Balaban J connectivity index is 2.08. The molecule has 0 aromatic heterocycles. The van der Waals surface area contributed by atoms with Crippen LogP contribution >= 0.6 is 0 Å². The lowest BCUT2D eigenvalue weighted by atomic mass is 10.1. The van der Waals surface area contributed by atoms with Crippen molar-refractivity contribution in [1.29, 1.82) is 0 Å². The van der Waals surface area contributed by atoms with Gasteiger partial charge >= 0.3 is 0 Å². The topological polar surface area (TPSA) is 49.3 Å². The zero-order valence-electron chi connectivity index (χ0n) is 11.8. The number of aryl methyl sites for hydroxylation is 1. The standard InChI is InChI=1S/C17H18FNO2/c1-12-6-5-9-15(16(12)18)17(21)19-14(11-20)10-13-7-3-2-4-8-13/h2-9,14,20H,10-11H2,1H3,(H,19,21). The maximum absolute atomic E-state index is 13.9. The van der Waals surface area contributed by atoms with Crippen molar-refractivity contribution in [1.82, 2.24) is 5.32 Å². The van der Waals surface area contributed by atoms with Crippen molar-refractivity contribution >= 4 is 5.91 Å². The number of halogens is 1. The summed E-state index contributed by atoms with van der Waals surface area (Å²) in [7, 11) is 0. The van der Waals surface area contributed by atoms with Gasteiger partial charge in [0.25, 0.3) is 5.91 Å². The van der Waals surface area contributed by atoms with E-state index < -0.39 is 17.8 Å². The largest absolute Gasteiger partial charge is 0.394 e. The molecular formula is C17H18FNO2. The van der Waals surface area contributed by atoms with Crippen LogP contribution < -0.4 is 5.32 Å². The summed E-state index contributed by atoms with van der Waals surface area (Å²) >= 11 is 0. The van der Waals surface area contributed by atoms with Gasteiger partial charge < -0.3 is 10.4 Å². The maximum atomic E-state index is 13.9. The highest BCUT2D eigenvalue weighted by molar-refractivity contribution is 5.94. The second-order valence-electron chi connectivity index (χ2n) is 4.98. The maximum Gasteiger partial charge on any atom is 0.254 e. The minimum absolute atomic E-state index is 0.00140. The molecule has 0 saturated heterocycles. The number of aliphatic hydroxyl groups is 1. The van der Waals surface area contributed by atoms with E-state index in [1.807, 2.05) is 30.3 Å². The average molecular weight is 287 g/mol. The zero-order valence-corrected chi connectivity index (χ0v) is 11.8. The van der Waals surface area contributed by atoms with Crippen LogP contribution in [0.25, 0.3) is 0 Å². The van der Waals surface area contributed by atoms with Crippen molar-refractivity contribution in [3.05, 3.63) is 71.0 Å². The molecule has 0 bridgehead atoms. The first-order valence-corrected chi connectivity index (χ1v) is 6.82. The summed E-state index contributed by atoms with van der Waals surface area (Å²) in [5.41, 5.74) is 1.43. The van der Waals surface area contributed by atoms with Gasteiger partial charge in [0.15, 0.2) is 0 Å². The Bertz CT molecular complexity index is 613. The van der Waals surface area contributed by atoms with Crippen molar-refractivity contribution in [3.63, 3.8) is 0 Å². The number of benzene rings is 2. The normalized spacial score (nSPS) is 12.0. The highest BCUT2D eigenvalue weighted by Gasteiger charge is 2.17. The summed E-state index contributed by atoms with van der Waals surface area (Å²) < 4.78 is 13.9. The molecule has 1 unspecified atom stereocenters. The molecule has 1 atom stereocenters. The number of aliphatic hydroxyl groups excluding tert-OH is 1. The molecule has 0 heterocycles. The van der Waals surface area contributed by atoms with Crippen molar-refractivity contribution < 1.29 is 14.3 Å². The highest BCUT2D eigenvalue weighted by Crippen LogP contribution is 2.12. The first-order valence-electron chi connectivity index (χ1n) is 6.82. The van der Waals surface area contributed by atoms with E-state index in [0.717, 1.165) is 5.56 Å². The predicted molar refractivity (Wildman–Crippen MR) is 79.6 cm³/mol. The molecular weight excluding hydrogens is 269 g/mol. The van der Waals surface area contributed by atoms with Crippen LogP contribution in [-0.2, 0) is 6.42 Å². The summed E-state index contributed by atoms with van der Waals surface area (Å²) in [6.45, 7) is 1.41. The molecule has 0 fully saturated rings. The molecule has 0 aliphatic heterocycles. The van der Waals surface area contributed by atoms with E-state index in [0.29, 0.717) is 12.0 Å². The molecule has 0 saturated carbocycles.